The number of thiazole rings is 1. The van der Waals surface area contributed by atoms with Crippen molar-refractivity contribution in [3.8, 4) is 0 Å². The summed E-state index contributed by atoms with van der Waals surface area (Å²) in [6.45, 7) is 4.42. The normalized spacial score (nSPS) is 10.9. The lowest BCUT2D eigenvalue weighted by molar-refractivity contribution is 0.154. The van der Waals surface area contributed by atoms with Crippen LogP contribution in [-0.2, 0) is 4.74 Å². The Morgan fingerprint density at radius 1 is 1.38 bits per heavy atom. The summed E-state index contributed by atoms with van der Waals surface area (Å²) < 4.78 is 6.57. The minimum atomic E-state index is 0.753. The van der Waals surface area contributed by atoms with E-state index in [1.165, 1.54) is 4.70 Å². The molecule has 2 aromatic rings. The molecule has 1 heterocycles. The molecule has 2 rings (SSSR count). The van der Waals surface area contributed by atoms with Crippen molar-refractivity contribution in [1.82, 2.24) is 4.98 Å². The quantitative estimate of drug-likeness (QED) is 0.746. The van der Waals surface area contributed by atoms with Crippen molar-refractivity contribution < 1.29 is 4.74 Å². The van der Waals surface area contributed by atoms with Crippen LogP contribution in [0.4, 0.5) is 5.13 Å². The average molecular weight is 236 g/mol. The summed E-state index contributed by atoms with van der Waals surface area (Å²) in [7, 11) is 2.05. The highest BCUT2D eigenvalue weighted by Gasteiger charge is 2.07. The summed E-state index contributed by atoms with van der Waals surface area (Å²) in [5.74, 6) is 0. The number of rotatable bonds is 5. The van der Waals surface area contributed by atoms with E-state index in [1.54, 1.807) is 11.3 Å². The van der Waals surface area contributed by atoms with Crippen LogP contribution in [0.1, 0.15) is 6.92 Å². The van der Waals surface area contributed by atoms with Gasteiger partial charge in [0.25, 0.3) is 0 Å². The van der Waals surface area contributed by atoms with Gasteiger partial charge in [0.2, 0.25) is 0 Å². The van der Waals surface area contributed by atoms with E-state index in [1.807, 2.05) is 25.1 Å². The lowest BCUT2D eigenvalue weighted by atomic mass is 10.3. The number of benzene rings is 1. The van der Waals surface area contributed by atoms with E-state index in [4.69, 9.17) is 4.74 Å². The summed E-state index contributed by atoms with van der Waals surface area (Å²) in [5, 5.41) is 1.06. The molecule has 1 aromatic carbocycles. The van der Waals surface area contributed by atoms with Crippen molar-refractivity contribution >= 4 is 26.7 Å². The zero-order valence-corrected chi connectivity index (χ0v) is 10.5. The van der Waals surface area contributed by atoms with Gasteiger partial charge < -0.3 is 9.64 Å². The Hall–Kier alpha value is -1.13. The summed E-state index contributed by atoms with van der Waals surface area (Å²) in [4.78, 5) is 6.72. The molecule has 0 N–H and O–H groups in total. The first-order valence-corrected chi connectivity index (χ1v) is 6.27. The molecule has 0 radical (unpaired) electrons. The van der Waals surface area contributed by atoms with Crippen molar-refractivity contribution in [2.75, 3.05) is 31.7 Å². The van der Waals surface area contributed by atoms with Crippen LogP contribution in [0, 0.1) is 0 Å². The van der Waals surface area contributed by atoms with Crippen molar-refractivity contribution in [1.29, 1.82) is 0 Å². The zero-order chi connectivity index (χ0) is 11.4. The Labute approximate surface area is 99.7 Å². The second kappa shape index (κ2) is 5.27. The van der Waals surface area contributed by atoms with Crippen LogP contribution in [0.2, 0.25) is 0 Å². The highest BCUT2D eigenvalue weighted by molar-refractivity contribution is 7.22. The summed E-state index contributed by atoms with van der Waals surface area (Å²) in [6.07, 6.45) is 0. The first kappa shape index (κ1) is 11.4. The van der Waals surface area contributed by atoms with Crippen LogP contribution in [-0.4, -0.2) is 31.8 Å². The summed E-state index contributed by atoms with van der Waals surface area (Å²) in [5.41, 5.74) is 1.07. The van der Waals surface area contributed by atoms with Crippen molar-refractivity contribution in [3.05, 3.63) is 24.3 Å². The lowest BCUT2D eigenvalue weighted by Gasteiger charge is -2.14. The number of para-hydroxylation sites is 1. The molecule has 16 heavy (non-hydrogen) atoms. The third-order valence-electron chi connectivity index (χ3n) is 2.38. The number of aromatic nitrogens is 1. The molecular weight excluding hydrogens is 220 g/mol. The van der Waals surface area contributed by atoms with Crippen LogP contribution in [0.15, 0.2) is 24.3 Å². The first-order chi connectivity index (χ1) is 7.81. The second-order valence-electron chi connectivity index (χ2n) is 3.58. The minimum Gasteiger partial charge on any atom is -0.380 e. The van der Waals surface area contributed by atoms with E-state index in [-0.39, 0.29) is 0 Å². The summed E-state index contributed by atoms with van der Waals surface area (Å²) >= 11 is 1.72. The fourth-order valence-electron chi connectivity index (χ4n) is 1.46. The van der Waals surface area contributed by atoms with Crippen LogP contribution in [0.5, 0.6) is 0 Å². The molecular formula is C12H16N2OS. The van der Waals surface area contributed by atoms with E-state index < -0.39 is 0 Å². The second-order valence-corrected chi connectivity index (χ2v) is 4.59. The maximum absolute atomic E-state index is 5.33. The number of ether oxygens (including phenoxy) is 1. The molecule has 0 spiro atoms. The molecule has 0 aliphatic carbocycles. The number of hydrogen-bond acceptors (Lipinski definition) is 4. The Bertz CT molecular complexity index is 422. The first-order valence-electron chi connectivity index (χ1n) is 5.45. The largest absolute Gasteiger partial charge is 0.380 e. The van der Waals surface area contributed by atoms with Gasteiger partial charge in [-0.25, -0.2) is 4.98 Å². The maximum Gasteiger partial charge on any atom is 0.186 e. The molecule has 0 saturated carbocycles. The van der Waals surface area contributed by atoms with Crippen LogP contribution in [0.25, 0.3) is 10.2 Å². The monoisotopic (exact) mass is 236 g/mol. The molecule has 0 bridgehead atoms. The third kappa shape index (κ3) is 2.51. The minimum absolute atomic E-state index is 0.753. The van der Waals surface area contributed by atoms with E-state index in [2.05, 4.69) is 23.0 Å². The average Bonchev–Trinajstić information content (AvgIpc) is 2.73. The standard InChI is InChI=1S/C12H16N2OS/c1-3-15-9-8-14(2)12-13-10-6-4-5-7-11(10)16-12/h4-7H,3,8-9H2,1-2H3. The smallest absolute Gasteiger partial charge is 0.186 e. The van der Waals surface area contributed by atoms with Crippen LogP contribution in [0.3, 0.4) is 0 Å². The van der Waals surface area contributed by atoms with Crippen LogP contribution < -0.4 is 4.90 Å². The third-order valence-corrected chi connectivity index (χ3v) is 3.53. The van der Waals surface area contributed by atoms with Gasteiger partial charge in [0.15, 0.2) is 5.13 Å². The van der Waals surface area contributed by atoms with E-state index in [9.17, 15) is 0 Å². The molecule has 0 unspecified atom stereocenters. The van der Waals surface area contributed by atoms with Gasteiger partial charge in [-0.1, -0.05) is 23.5 Å². The SMILES string of the molecule is CCOCCN(C)c1nc2ccccc2s1. The molecule has 3 nitrogen and oxygen atoms in total. The van der Waals surface area contributed by atoms with E-state index >= 15 is 0 Å². The fourth-order valence-corrected chi connectivity index (χ4v) is 2.42. The molecule has 86 valence electrons. The molecule has 1 aromatic heterocycles. The molecule has 0 aliphatic heterocycles. The molecule has 0 aliphatic rings. The van der Waals surface area contributed by atoms with Gasteiger partial charge in [0.05, 0.1) is 16.8 Å². The Balaban J connectivity index is 2.07. The summed E-state index contributed by atoms with van der Waals surface area (Å²) in [6, 6.07) is 8.22. The Morgan fingerprint density at radius 2 is 2.19 bits per heavy atom. The van der Waals surface area contributed by atoms with Gasteiger partial charge in [0, 0.05) is 20.2 Å². The molecule has 0 saturated heterocycles. The number of hydrogen-bond donors (Lipinski definition) is 0. The Morgan fingerprint density at radius 3 is 2.94 bits per heavy atom. The highest BCUT2D eigenvalue weighted by atomic mass is 32.1. The number of fused-ring (bicyclic) bond motifs is 1. The van der Waals surface area contributed by atoms with Crippen molar-refractivity contribution in [3.63, 3.8) is 0 Å². The Kier molecular flexibility index (Phi) is 3.74. The van der Waals surface area contributed by atoms with Crippen molar-refractivity contribution in [2.45, 2.75) is 6.92 Å². The van der Waals surface area contributed by atoms with Gasteiger partial charge in [-0.2, -0.15) is 0 Å². The zero-order valence-electron chi connectivity index (χ0n) is 9.64. The predicted molar refractivity (Wildman–Crippen MR) is 69.4 cm³/mol. The maximum atomic E-state index is 5.33. The molecule has 0 fully saturated rings. The van der Waals surface area contributed by atoms with Gasteiger partial charge >= 0.3 is 0 Å². The molecule has 0 amide bonds. The number of likely N-dealkylation sites (N-methyl/N-ethyl adjacent to an activating group) is 1. The fraction of sp³-hybridized carbons (Fsp3) is 0.417. The van der Waals surface area contributed by atoms with E-state index in [0.717, 1.165) is 30.4 Å². The predicted octanol–water partition coefficient (Wildman–Crippen LogP) is 2.77. The van der Waals surface area contributed by atoms with E-state index in [0.29, 0.717) is 0 Å². The number of nitrogens with zero attached hydrogens (tertiary/aromatic N) is 2. The topological polar surface area (TPSA) is 25.4 Å². The highest BCUT2D eigenvalue weighted by Crippen LogP contribution is 2.27. The lowest BCUT2D eigenvalue weighted by Crippen LogP contribution is -2.22. The van der Waals surface area contributed by atoms with Gasteiger partial charge in [-0.3, -0.25) is 0 Å². The van der Waals surface area contributed by atoms with Crippen molar-refractivity contribution in [2.24, 2.45) is 0 Å². The van der Waals surface area contributed by atoms with Gasteiger partial charge in [-0.15, -0.1) is 0 Å². The van der Waals surface area contributed by atoms with Crippen LogP contribution >= 0.6 is 11.3 Å². The molecule has 0 atom stereocenters. The number of anilines is 1. The molecule has 4 heteroatoms. The van der Waals surface area contributed by atoms with Gasteiger partial charge in [0.1, 0.15) is 0 Å². The van der Waals surface area contributed by atoms with Gasteiger partial charge in [-0.05, 0) is 19.1 Å².